The van der Waals surface area contributed by atoms with Crippen LogP contribution >= 0.6 is 11.6 Å². The Hall–Kier alpha value is -2.77. The Balaban J connectivity index is 1.42. The number of hydrogen-bond donors (Lipinski definition) is 0. The van der Waals surface area contributed by atoms with E-state index in [2.05, 4.69) is 11.0 Å². The van der Waals surface area contributed by atoms with Gasteiger partial charge in [0.25, 0.3) is 0 Å². The number of ether oxygens (including phenoxy) is 2. The van der Waals surface area contributed by atoms with Crippen molar-refractivity contribution in [3.05, 3.63) is 53.2 Å². The minimum atomic E-state index is -3.12. The van der Waals surface area contributed by atoms with Crippen LogP contribution in [0.15, 0.2) is 42.6 Å². The molecule has 0 saturated carbocycles. The molecule has 0 radical (unpaired) electrons. The van der Waals surface area contributed by atoms with Gasteiger partial charge in [-0.25, -0.2) is 8.42 Å². The van der Waals surface area contributed by atoms with Gasteiger partial charge in [0, 0.05) is 50.0 Å². The highest BCUT2D eigenvalue weighted by Crippen LogP contribution is 2.33. The third-order valence-electron chi connectivity index (χ3n) is 6.02. The molecule has 0 atom stereocenters. The zero-order valence-electron chi connectivity index (χ0n) is 19.9. The molecule has 2 heterocycles. The second-order valence-corrected chi connectivity index (χ2v) is 10.9. The normalized spacial score (nSPS) is 15.3. The lowest BCUT2D eigenvalue weighted by Gasteiger charge is -2.33. The summed E-state index contributed by atoms with van der Waals surface area (Å²) in [7, 11) is -3.12. The van der Waals surface area contributed by atoms with Gasteiger partial charge in [-0.1, -0.05) is 18.5 Å². The third kappa shape index (κ3) is 5.90. The summed E-state index contributed by atoms with van der Waals surface area (Å²) < 4.78 is 38.4. The highest BCUT2D eigenvalue weighted by atomic mass is 35.5. The Kier molecular flexibility index (Phi) is 7.87. The van der Waals surface area contributed by atoms with E-state index in [9.17, 15) is 13.7 Å². The fourth-order valence-electron chi connectivity index (χ4n) is 4.17. The van der Waals surface area contributed by atoms with Crippen LogP contribution in [0.4, 0.5) is 0 Å². The maximum absolute atomic E-state index is 11.6. The first-order valence-corrected chi connectivity index (χ1v) is 13.8. The van der Waals surface area contributed by atoms with Crippen molar-refractivity contribution in [1.82, 2.24) is 13.8 Å². The van der Waals surface area contributed by atoms with Crippen molar-refractivity contribution in [2.45, 2.75) is 13.3 Å². The maximum Gasteiger partial charge on any atom is 0.211 e. The predicted octanol–water partition coefficient (Wildman–Crippen LogP) is 3.90. The molecule has 0 unspecified atom stereocenters. The molecule has 1 aliphatic rings. The van der Waals surface area contributed by atoms with E-state index in [1.54, 1.807) is 12.1 Å². The maximum atomic E-state index is 11.6. The largest absolute Gasteiger partial charge is 0.492 e. The van der Waals surface area contributed by atoms with Gasteiger partial charge in [-0.2, -0.15) is 9.57 Å². The molecule has 1 saturated heterocycles. The van der Waals surface area contributed by atoms with E-state index >= 15 is 0 Å². The highest BCUT2D eigenvalue weighted by Gasteiger charge is 2.23. The van der Waals surface area contributed by atoms with Crippen molar-refractivity contribution in [3.63, 3.8) is 0 Å². The molecule has 1 aromatic heterocycles. The topological polar surface area (TPSA) is 87.8 Å². The number of nitrogens with zero attached hydrogens (tertiary/aromatic N) is 4. The molecule has 10 heteroatoms. The Labute approximate surface area is 211 Å². The minimum Gasteiger partial charge on any atom is -0.492 e. The monoisotopic (exact) mass is 516 g/mol. The van der Waals surface area contributed by atoms with Gasteiger partial charge < -0.3 is 14.0 Å². The molecule has 0 amide bonds. The molecule has 186 valence electrons. The van der Waals surface area contributed by atoms with Crippen LogP contribution in [-0.4, -0.2) is 74.4 Å². The summed E-state index contributed by atoms with van der Waals surface area (Å²) in [5.41, 5.74) is 2.16. The molecular weight excluding hydrogens is 488 g/mol. The smallest absolute Gasteiger partial charge is 0.211 e. The number of halogens is 1. The van der Waals surface area contributed by atoms with Crippen LogP contribution in [0.5, 0.6) is 11.5 Å². The molecule has 3 aromatic rings. The molecular formula is C25H29ClN4O4S. The lowest BCUT2D eigenvalue weighted by molar-refractivity contribution is 0.159. The summed E-state index contributed by atoms with van der Waals surface area (Å²) in [6.45, 7) is 6.19. The van der Waals surface area contributed by atoms with E-state index in [4.69, 9.17) is 21.1 Å². The number of piperazine rings is 1. The molecule has 1 aliphatic heterocycles. The summed E-state index contributed by atoms with van der Waals surface area (Å²) in [6.07, 6.45) is 4.02. The summed E-state index contributed by atoms with van der Waals surface area (Å²) in [4.78, 5) is 2.21. The first-order chi connectivity index (χ1) is 16.8. The SMILES string of the molecule is CCCOc1c(Cl)cc(-n2ccc3cc(OCCN4CCN(S(C)(=O)=O)CC4)ccc32)cc1C#N. The summed E-state index contributed by atoms with van der Waals surface area (Å²) in [5.74, 6) is 1.19. The zero-order valence-corrected chi connectivity index (χ0v) is 21.5. The fraction of sp³-hybridized carbons (Fsp3) is 0.400. The summed E-state index contributed by atoms with van der Waals surface area (Å²) in [5, 5.41) is 11.0. The van der Waals surface area contributed by atoms with Gasteiger partial charge in [0.15, 0.2) is 5.75 Å². The van der Waals surface area contributed by atoms with E-state index in [0.717, 1.165) is 35.3 Å². The van der Waals surface area contributed by atoms with E-state index in [0.29, 0.717) is 55.7 Å². The Morgan fingerprint density at radius 1 is 1.06 bits per heavy atom. The second kappa shape index (κ2) is 10.9. The van der Waals surface area contributed by atoms with E-state index in [-0.39, 0.29) is 0 Å². The standard InChI is InChI=1S/C25H29ClN4O4S/c1-3-13-34-25-20(18-27)15-21(17-23(25)26)30-7-6-19-16-22(4-5-24(19)30)33-14-12-28-8-10-29(11-9-28)35(2,31)32/h4-7,15-17H,3,8-14H2,1-2H3. The van der Waals surface area contributed by atoms with Gasteiger partial charge in [0.1, 0.15) is 18.4 Å². The van der Waals surface area contributed by atoms with Gasteiger partial charge in [-0.3, -0.25) is 4.90 Å². The van der Waals surface area contributed by atoms with Crippen molar-refractivity contribution in [3.8, 4) is 23.3 Å². The Bertz CT molecular complexity index is 1340. The van der Waals surface area contributed by atoms with E-state index < -0.39 is 10.0 Å². The fourth-order valence-corrected chi connectivity index (χ4v) is 5.26. The molecule has 4 rings (SSSR count). The molecule has 8 nitrogen and oxygen atoms in total. The van der Waals surface area contributed by atoms with Crippen LogP contribution in [0, 0.1) is 11.3 Å². The number of hydrogen-bond acceptors (Lipinski definition) is 6. The number of benzene rings is 2. The van der Waals surface area contributed by atoms with Crippen molar-refractivity contribution in [2.24, 2.45) is 0 Å². The van der Waals surface area contributed by atoms with Crippen molar-refractivity contribution < 1.29 is 17.9 Å². The molecule has 1 fully saturated rings. The number of nitriles is 1. The third-order valence-corrected chi connectivity index (χ3v) is 7.60. The van der Waals surface area contributed by atoms with Crippen molar-refractivity contribution in [2.75, 3.05) is 52.2 Å². The number of rotatable bonds is 9. The van der Waals surface area contributed by atoms with E-state index in [1.807, 2.05) is 42.0 Å². The lowest BCUT2D eigenvalue weighted by Crippen LogP contribution is -2.49. The minimum absolute atomic E-state index is 0.403. The van der Waals surface area contributed by atoms with Crippen molar-refractivity contribution >= 4 is 32.5 Å². The van der Waals surface area contributed by atoms with Gasteiger partial charge in [-0.15, -0.1) is 0 Å². The molecule has 0 aliphatic carbocycles. The Morgan fingerprint density at radius 3 is 2.51 bits per heavy atom. The summed E-state index contributed by atoms with van der Waals surface area (Å²) in [6, 6.07) is 13.7. The zero-order chi connectivity index (χ0) is 25.0. The number of aromatic nitrogens is 1. The quantitative estimate of drug-likeness (QED) is 0.428. The summed E-state index contributed by atoms with van der Waals surface area (Å²) >= 11 is 6.45. The van der Waals surface area contributed by atoms with Crippen LogP contribution < -0.4 is 9.47 Å². The van der Waals surface area contributed by atoms with Crippen molar-refractivity contribution in [1.29, 1.82) is 5.26 Å². The number of fused-ring (bicyclic) bond motifs is 1. The first kappa shape index (κ1) is 25.3. The van der Waals surface area contributed by atoms with Crippen LogP contribution in [0.25, 0.3) is 16.6 Å². The van der Waals surface area contributed by atoms with Crippen LogP contribution in [0.3, 0.4) is 0 Å². The molecule has 35 heavy (non-hydrogen) atoms. The van der Waals surface area contributed by atoms with Crippen LogP contribution in [-0.2, 0) is 10.0 Å². The van der Waals surface area contributed by atoms with Gasteiger partial charge in [0.05, 0.1) is 29.0 Å². The van der Waals surface area contributed by atoms with Crippen LogP contribution in [0.1, 0.15) is 18.9 Å². The van der Waals surface area contributed by atoms with Gasteiger partial charge in [0.2, 0.25) is 10.0 Å². The highest BCUT2D eigenvalue weighted by molar-refractivity contribution is 7.88. The molecule has 0 bridgehead atoms. The Morgan fingerprint density at radius 2 is 1.83 bits per heavy atom. The molecule has 0 spiro atoms. The first-order valence-electron chi connectivity index (χ1n) is 11.6. The lowest BCUT2D eigenvalue weighted by atomic mass is 10.2. The van der Waals surface area contributed by atoms with Crippen LogP contribution in [0.2, 0.25) is 5.02 Å². The van der Waals surface area contributed by atoms with E-state index in [1.165, 1.54) is 10.6 Å². The average Bonchev–Trinajstić information content (AvgIpc) is 3.26. The van der Waals surface area contributed by atoms with Gasteiger partial charge >= 0.3 is 0 Å². The number of sulfonamides is 1. The predicted molar refractivity (Wildman–Crippen MR) is 137 cm³/mol. The second-order valence-electron chi connectivity index (χ2n) is 8.52. The molecule has 0 N–H and O–H groups in total. The molecule has 2 aromatic carbocycles. The van der Waals surface area contributed by atoms with Gasteiger partial charge in [-0.05, 0) is 42.8 Å². The average molecular weight is 517 g/mol.